The summed E-state index contributed by atoms with van der Waals surface area (Å²) in [6.07, 6.45) is 7.99. The van der Waals surface area contributed by atoms with Gasteiger partial charge in [-0.1, -0.05) is 6.07 Å². The van der Waals surface area contributed by atoms with Crippen molar-refractivity contribution in [3.05, 3.63) is 54.2 Å². The maximum absolute atomic E-state index is 12.6. The van der Waals surface area contributed by atoms with E-state index < -0.39 is 5.60 Å². The van der Waals surface area contributed by atoms with Crippen molar-refractivity contribution in [2.24, 2.45) is 0 Å². The lowest BCUT2D eigenvalue weighted by molar-refractivity contribution is -0.132. The maximum Gasteiger partial charge on any atom is 0.237 e. The van der Waals surface area contributed by atoms with Crippen molar-refractivity contribution in [3.63, 3.8) is 0 Å². The summed E-state index contributed by atoms with van der Waals surface area (Å²) in [5.41, 5.74) is 1.19. The van der Waals surface area contributed by atoms with Gasteiger partial charge in [0.25, 0.3) is 0 Å². The largest absolute Gasteiger partial charge is 0.472 e. The fraction of sp³-hybridized carbons (Fsp3) is 0.444. The Bertz CT molecular complexity index is 655. The van der Waals surface area contributed by atoms with E-state index in [0.717, 1.165) is 11.1 Å². The topological polar surface area (TPSA) is 78.6 Å². The van der Waals surface area contributed by atoms with Crippen molar-refractivity contribution < 1.29 is 14.3 Å². The molecule has 1 saturated heterocycles. The molecule has 0 aliphatic carbocycles. The number of amides is 1. The number of furan rings is 1. The molecule has 0 saturated carbocycles. The summed E-state index contributed by atoms with van der Waals surface area (Å²) in [7, 11) is 0. The molecule has 0 aromatic carbocycles. The van der Waals surface area contributed by atoms with Gasteiger partial charge in [-0.05, 0) is 37.5 Å². The third-order valence-corrected chi connectivity index (χ3v) is 4.40. The molecule has 24 heavy (non-hydrogen) atoms. The van der Waals surface area contributed by atoms with E-state index in [0.29, 0.717) is 32.5 Å². The molecule has 0 bridgehead atoms. The summed E-state index contributed by atoms with van der Waals surface area (Å²) in [6.45, 7) is 3.32. The lowest BCUT2D eigenvalue weighted by atomic mass is 9.89. The highest BCUT2D eigenvalue weighted by Crippen LogP contribution is 2.27. The molecule has 3 heterocycles. The summed E-state index contributed by atoms with van der Waals surface area (Å²) >= 11 is 0. The molecule has 1 fully saturated rings. The quantitative estimate of drug-likeness (QED) is 0.873. The van der Waals surface area contributed by atoms with Gasteiger partial charge < -0.3 is 14.8 Å². The zero-order valence-electron chi connectivity index (χ0n) is 13.8. The van der Waals surface area contributed by atoms with Gasteiger partial charge in [-0.2, -0.15) is 0 Å². The first kappa shape index (κ1) is 16.7. The second-order valence-electron chi connectivity index (χ2n) is 6.67. The Morgan fingerprint density at radius 2 is 2.38 bits per heavy atom. The molecule has 2 aromatic heterocycles. The molecule has 1 aliphatic heterocycles. The molecular weight excluding hydrogens is 306 g/mol. The van der Waals surface area contributed by atoms with Crippen LogP contribution in [-0.4, -0.2) is 39.1 Å². The summed E-state index contributed by atoms with van der Waals surface area (Å²) in [5.74, 6) is -0.0159. The van der Waals surface area contributed by atoms with E-state index in [4.69, 9.17) is 4.42 Å². The van der Waals surface area contributed by atoms with Gasteiger partial charge in [-0.25, -0.2) is 0 Å². The van der Waals surface area contributed by atoms with Gasteiger partial charge in [0.05, 0.1) is 24.2 Å². The predicted octanol–water partition coefficient (Wildman–Crippen LogP) is 1.71. The van der Waals surface area contributed by atoms with Crippen LogP contribution in [0, 0.1) is 0 Å². The predicted molar refractivity (Wildman–Crippen MR) is 88.8 cm³/mol. The molecule has 0 radical (unpaired) electrons. The van der Waals surface area contributed by atoms with E-state index in [2.05, 4.69) is 10.3 Å². The molecule has 2 aromatic rings. The number of carbonyl (C=O) groups excluding carboxylic acids is 1. The highest BCUT2D eigenvalue weighted by atomic mass is 16.3. The number of β-amino-alcohol motifs (C(OH)–C–C–N with tert-alkyl or cyclic N) is 1. The molecule has 0 spiro atoms. The number of pyridine rings is 1. The molecule has 2 N–H and O–H groups in total. The number of nitrogens with zero attached hydrogens (tertiary/aromatic N) is 2. The maximum atomic E-state index is 12.6. The van der Waals surface area contributed by atoms with E-state index in [-0.39, 0.29) is 11.9 Å². The second kappa shape index (κ2) is 7.15. The Kier molecular flexibility index (Phi) is 4.97. The molecule has 1 amide bonds. The number of aliphatic hydroxyl groups is 1. The van der Waals surface area contributed by atoms with Crippen LogP contribution in [0.2, 0.25) is 0 Å². The molecule has 1 aliphatic rings. The minimum atomic E-state index is -0.774. The van der Waals surface area contributed by atoms with Crippen molar-refractivity contribution in [2.75, 3.05) is 6.54 Å². The van der Waals surface area contributed by atoms with Crippen LogP contribution in [0.1, 0.15) is 30.9 Å². The number of likely N-dealkylation sites (tertiary alicyclic amines) is 1. The summed E-state index contributed by atoms with van der Waals surface area (Å²) in [6, 6.07) is 5.41. The number of rotatable bonds is 5. The van der Waals surface area contributed by atoms with Crippen molar-refractivity contribution >= 4 is 5.91 Å². The molecule has 2 atom stereocenters. The highest BCUT2D eigenvalue weighted by Gasteiger charge is 2.37. The van der Waals surface area contributed by atoms with Gasteiger partial charge in [0.2, 0.25) is 5.91 Å². The number of aromatic nitrogens is 1. The Labute approximate surface area is 141 Å². The lowest BCUT2D eigenvalue weighted by Crippen LogP contribution is -2.56. The van der Waals surface area contributed by atoms with E-state index in [1.807, 2.05) is 30.0 Å². The first-order valence-electron chi connectivity index (χ1n) is 8.18. The van der Waals surface area contributed by atoms with Crippen molar-refractivity contribution in [2.45, 2.75) is 44.5 Å². The van der Waals surface area contributed by atoms with Gasteiger partial charge in [0, 0.05) is 37.6 Å². The average Bonchev–Trinajstić information content (AvgIpc) is 3.06. The van der Waals surface area contributed by atoms with Gasteiger partial charge in [0.15, 0.2) is 0 Å². The van der Waals surface area contributed by atoms with Gasteiger partial charge in [-0.15, -0.1) is 0 Å². The lowest BCUT2D eigenvalue weighted by Gasteiger charge is -2.41. The van der Waals surface area contributed by atoms with E-state index in [9.17, 15) is 9.90 Å². The first-order valence-corrected chi connectivity index (χ1v) is 8.18. The molecular formula is C18H23N3O3. The van der Waals surface area contributed by atoms with Crippen LogP contribution in [-0.2, 0) is 17.9 Å². The van der Waals surface area contributed by atoms with Gasteiger partial charge >= 0.3 is 0 Å². The standard InChI is InChI=1S/C18H23N3O3/c1-18(23)6-4-16(21(13-18)11-15-5-8-24-12-15)17(22)20-10-14-3-2-7-19-9-14/h2-3,5,7-9,12,16,23H,4,6,10-11,13H2,1H3,(H,20,22)/t16-,18-/m0/s1. The van der Waals surface area contributed by atoms with E-state index in [1.165, 1.54) is 0 Å². The van der Waals surface area contributed by atoms with Crippen LogP contribution in [0.5, 0.6) is 0 Å². The minimum Gasteiger partial charge on any atom is -0.472 e. The summed E-state index contributed by atoms with van der Waals surface area (Å²) in [4.78, 5) is 18.7. The second-order valence-corrected chi connectivity index (χ2v) is 6.67. The van der Waals surface area contributed by atoms with Crippen LogP contribution in [0.25, 0.3) is 0 Å². The number of hydrogen-bond donors (Lipinski definition) is 2. The van der Waals surface area contributed by atoms with Crippen molar-refractivity contribution in [1.82, 2.24) is 15.2 Å². The smallest absolute Gasteiger partial charge is 0.237 e. The Morgan fingerprint density at radius 3 is 3.08 bits per heavy atom. The first-order chi connectivity index (χ1) is 11.5. The minimum absolute atomic E-state index is 0.0159. The van der Waals surface area contributed by atoms with Crippen LogP contribution in [0.4, 0.5) is 0 Å². The third kappa shape index (κ3) is 4.21. The zero-order valence-corrected chi connectivity index (χ0v) is 13.8. The van der Waals surface area contributed by atoms with Crippen LogP contribution in [0.15, 0.2) is 47.5 Å². The molecule has 128 valence electrons. The van der Waals surface area contributed by atoms with Gasteiger partial charge in [-0.3, -0.25) is 14.7 Å². The number of piperidine rings is 1. The zero-order chi connectivity index (χ0) is 17.0. The molecule has 6 heteroatoms. The number of nitrogens with one attached hydrogen (secondary N) is 1. The third-order valence-electron chi connectivity index (χ3n) is 4.40. The monoisotopic (exact) mass is 329 g/mol. The molecule has 3 rings (SSSR count). The molecule has 6 nitrogen and oxygen atoms in total. The van der Waals surface area contributed by atoms with Crippen LogP contribution >= 0.6 is 0 Å². The molecule has 0 unspecified atom stereocenters. The Hall–Kier alpha value is -2.18. The number of carbonyl (C=O) groups is 1. The average molecular weight is 329 g/mol. The fourth-order valence-electron chi connectivity index (χ4n) is 3.15. The fourth-order valence-corrected chi connectivity index (χ4v) is 3.15. The van der Waals surface area contributed by atoms with Crippen LogP contribution in [0.3, 0.4) is 0 Å². The van der Waals surface area contributed by atoms with Crippen LogP contribution < -0.4 is 5.32 Å². The number of hydrogen-bond acceptors (Lipinski definition) is 5. The summed E-state index contributed by atoms with van der Waals surface area (Å²) < 4.78 is 5.11. The SMILES string of the molecule is C[C@]1(O)CC[C@@H](C(=O)NCc2cccnc2)N(Cc2ccoc2)C1. The Balaban J connectivity index is 1.65. The Morgan fingerprint density at radius 1 is 1.50 bits per heavy atom. The van der Waals surface area contributed by atoms with Gasteiger partial charge in [0.1, 0.15) is 0 Å². The van der Waals surface area contributed by atoms with E-state index >= 15 is 0 Å². The van der Waals surface area contributed by atoms with Crippen molar-refractivity contribution in [3.8, 4) is 0 Å². The van der Waals surface area contributed by atoms with E-state index in [1.54, 1.807) is 24.9 Å². The highest BCUT2D eigenvalue weighted by molar-refractivity contribution is 5.81. The van der Waals surface area contributed by atoms with Crippen molar-refractivity contribution in [1.29, 1.82) is 0 Å². The normalized spacial score (nSPS) is 24.7. The summed E-state index contributed by atoms with van der Waals surface area (Å²) in [5, 5.41) is 13.4.